The van der Waals surface area contributed by atoms with Crippen LogP contribution in [-0.2, 0) is 33.1 Å². The lowest BCUT2D eigenvalue weighted by Gasteiger charge is -2.16. The number of nitrogens with one attached hydrogen (secondary N) is 1. The van der Waals surface area contributed by atoms with Gasteiger partial charge in [0.1, 0.15) is 28.1 Å². The number of halogens is 1. The van der Waals surface area contributed by atoms with E-state index in [0.717, 1.165) is 16.3 Å². The average molecular weight is 673 g/mol. The highest BCUT2D eigenvalue weighted by Gasteiger charge is 2.18. The number of nitrogens with zero attached hydrogens (tertiary/aromatic N) is 1. The quantitative estimate of drug-likeness (QED) is 0.141. The zero-order chi connectivity index (χ0) is 31.9. The molecule has 0 spiro atoms. The maximum absolute atomic E-state index is 12.7. The molecule has 0 amide bonds. The van der Waals surface area contributed by atoms with Crippen LogP contribution in [0.1, 0.15) is 49.0 Å². The second-order valence-electron chi connectivity index (χ2n) is 11.0. The summed E-state index contributed by atoms with van der Waals surface area (Å²) in [6.45, 7) is 6.15. The number of thiazole rings is 1. The smallest absolute Gasteiger partial charge is 0.341 e. The van der Waals surface area contributed by atoms with Crippen molar-refractivity contribution >= 4 is 61.6 Å². The first-order chi connectivity index (χ1) is 20.8. The van der Waals surface area contributed by atoms with E-state index in [1.807, 2.05) is 29.6 Å². The van der Waals surface area contributed by atoms with Gasteiger partial charge < -0.3 is 19.9 Å². The SMILES string of the molecule is CC(C)(C)c1csc(COc2cccc(C(=S)Nc3cc(CCCS(=O)(=O)c4ccc(Cl)cc4)ccc3OCC(=O)O)c2)n1. The molecule has 44 heavy (non-hydrogen) atoms. The Hall–Kier alpha value is -3.51. The summed E-state index contributed by atoms with van der Waals surface area (Å²) in [5.74, 6) is -0.233. The number of ether oxygens (including phenoxy) is 2. The van der Waals surface area contributed by atoms with E-state index >= 15 is 0 Å². The van der Waals surface area contributed by atoms with Gasteiger partial charge in [-0.25, -0.2) is 18.2 Å². The van der Waals surface area contributed by atoms with Crippen molar-refractivity contribution < 1.29 is 27.8 Å². The summed E-state index contributed by atoms with van der Waals surface area (Å²) in [6, 6.07) is 18.6. The van der Waals surface area contributed by atoms with Crippen molar-refractivity contribution in [1.82, 2.24) is 4.98 Å². The summed E-state index contributed by atoms with van der Waals surface area (Å²) < 4.78 is 37.0. The number of rotatable bonds is 13. The fourth-order valence-electron chi connectivity index (χ4n) is 4.11. The monoisotopic (exact) mass is 672 g/mol. The number of sulfone groups is 1. The third-order valence-electron chi connectivity index (χ3n) is 6.47. The number of anilines is 1. The van der Waals surface area contributed by atoms with Crippen LogP contribution in [0.15, 0.2) is 77.0 Å². The highest BCUT2D eigenvalue weighted by Crippen LogP contribution is 2.29. The number of carboxylic acids is 1. The molecule has 0 saturated heterocycles. The van der Waals surface area contributed by atoms with Gasteiger partial charge in [-0.2, -0.15) is 0 Å². The summed E-state index contributed by atoms with van der Waals surface area (Å²) in [7, 11) is -3.47. The summed E-state index contributed by atoms with van der Waals surface area (Å²) in [4.78, 5) is 16.4. The predicted octanol–water partition coefficient (Wildman–Crippen LogP) is 7.33. The van der Waals surface area contributed by atoms with E-state index in [0.29, 0.717) is 52.2 Å². The minimum atomic E-state index is -3.47. The third kappa shape index (κ3) is 9.49. The van der Waals surface area contributed by atoms with Crippen LogP contribution in [0.25, 0.3) is 0 Å². The Morgan fingerprint density at radius 2 is 1.82 bits per heavy atom. The molecular weight excluding hydrogens is 640 g/mol. The molecule has 3 aromatic carbocycles. The van der Waals surface area contributed by atoms with E-state index in [2.05, 4.69) is 31.1 Å². The Labute approximate surface area is 271 Å². The molecule has 8 nitrogen and oxygen atoms in total. The van der Waals surface area contributed by atoms with Crippen molar-refractivity contribution in [1.29, 1.82) is 0 Å². The molecule has 0 atom stereocenters. The molecule has 0 aliphatic heterocycles. The molecule has 232 valence electrons. The van der Waals surface area contributed by atoms with Crippen molar-refractivity contribution in [3.63, 3.8) is 0 Å². The molecule has 2 N–H and O–H groups in total. The zero-order valence-electron chi connectivity index (χ0n) is 24.5. The second kappa shape index (κ2) is 14.5. The van der Waals surface area contributed by atoms with E-state index in [-0.39, 0.29) is 16.1 Å². The highest BCUT2D eigenvalue weighted by atomic mass is 35.5. The minimum Gasteiger partial charge on any atom is -0.486 e. The maximum atomic E-state index is 12.7. The number of aryl methyl sites for hydroxylation is 1. The summed E-state index contributed by atoms with van der Waals surface area (Å²) in [6.07, 6.45) is 0.838. The van der Waals surface area contributed by atoms with Crippen molar-refractivity contribution in [2.24, 2.45) is 0 Å². The third-order valence-corrected chi connectivity index (χ3v) is 9.70. The fourth-order valence-corrected chi connectivity index (χ4v) is 6.72. The summed E-state index contributed by atoms with van der Waals surface area (Å²) in [5, 5.41) is 15.7. The number of hydrogen-bond donors (Lipinski definition) is 2. The first kappa shape index (κ1) is 33.4. The van der Waals surface area contributed by atoms with Gasteiger partial charge in [-0.15, -0.1) is 11.3 Å². The number of aliphatic carboxylic acids is 1. The lowest BCUT2D eigenvalue weighted by atomic mass is 9.93. The number of benzene rings is 3. The predicted molar refractivity (Wildman–Crippen MR) is 178 cm³/mol. The molecule has 4 rings (SSSR count). The maximum Gasteiger partial charge on any atom is 0.341 e. The normalized spacial score (nSPS) is 11.6. The van der Waals surface area contributed by atoms with Gasteiger partial charge in [0.05, 0.1) is 22.0 Å². The lowest BCUT2D eigenvalue weighted by Crippen LogP contribution is -2.15. The van der Waals surface area contributed by atoms with Gasteiger partial charge in [-0.1, -0.05) is 62.8 Å². The van der Waals surface area contributed by atoms with Crippen molar-refractivity contribution in [3.05, 3.63) is 99.0 Å². The van der Waals surface area contributed by atoms with Gasteiger partial charge in [0.15, 0.2) is 16.4 Å². The van der Waals surface area contributed by atoms with Gasteiger partial charge >= 0.3 is 5.97 Å². The number of hydrogen-bond acceptors (Lipinski definition) is 8. The highest BCUT2D eigenvalue weighted by molar-refractivity contribution is 7.91. The lowest BCUT2D eigenvalue weighted by molar-refractivity contribution is -0.139. The Morgan fingerprint density at radius 3 is 2.50 bits per heavy atom. The molecule has 4 aromatic rings. The van der Waals surface area contributed by atoms with Crippen LogP contribution in [0.4, 0.5) is 5.69 Å². The van der Waals surface area contributed by atoms with Crippen LogP contribution in [0.5, 0.6) is 11.5 Å². The average Bonchev–Trinajstić information content (AvgIpc) is 3.46. The largest absolute Gasteiger partial charge is 0.486 e. The van der Waals surface area contributed by atoms with Crippen molar-refractivity contribution in [2.45, 2.75) is 50.5 Å². The molecule has 0 aliphatic carbocycles. The van der Waals surface area contributed by atoms with E-state index in [9.17, 15) is 13.2 Å². The van der Waals surface area contributed by atoms with Crippen LogP contribution in [-0.4, -0.2) is 41.8 Å². The summed E-state index contributed by atoms with van der Waals surface area (Å²) in [5.41, 5.74) is 2.98. The van der Waals surface area contributed by atoms with Gasteiger partial charge in [-0.05, 0) is 66.9 Å². The first-order valence-electron chi connectivity index (χ1n) is 13.7. The minimum absolute atomic E-state index is 0.0357. The van der Waals surface area contributed by atoms with Crippen LogP contribution in [0.3, 0.4) is 0 Å². The Bertz CT molecular complexity index is 1730. The van der Waals surface area contributed by atoms with Gasteiger partial charge in [0.25, 0.3) is 0 Å². The number of carbonyl (C=O) groups is 1. The number of aromatic nitrogens is 1. The molecule has 0 aliphatic rings. The van der Waals surface area contributed by atoms with Crippen LogP contribution < -0.4 is 14.8 Å². The van der Waals surface area contributed by atoms with Gasteiger partial charge in [-0.3, -0.25) is 0 Å². The molecule has 0 unspecified atom stereocenters. The topological polar surface area (TPSA) is 115 Å². The van der Waals surface area contributed by atoms with Crippen LogP contribution >= 0.6 is 35.2 Å². The van der Waals surface area contributed by atoms with Crippen molar-refractivity contribution in [2.75, 3.05) is 17.7 Å². The van der Waals surface area contributed by atoms with Crippen LogP contribution in [0.2, 0.25) is 5.02 Å². The number of carboxylic acid groups (broad SMARTS) is 1. The molecule has 0 saturated carbocycles. The van der Waals surface area contributed by atoms with Crippen LogP contribution in [0, 0.1) is 0 Å². The zero-order valence-corrected chi connectivity index (χ0v) is 27.7. The Morgan fingerprint density at radius 1 is 1.07 bits per heavy atom. The fraction of sp³-hybridized carbons (Fsp3) is 0.281. The molecule has 12 heteroatoms. The molecular formula is C32H33ClN2O6S3. The number of thiocarbonyl (C=S) groups is 1. The van der Waals surface area contributed by atoms with E-state index in [4.69, 9.17) is 38.4 Å². The van der Waals surface area contributed by atoms with Gasteiger partial charge in [0, 0.05) is 21.4 Å². The first-order valence-corrected chi connectivity index (χ1v) is 17.1. The molecule has 1 heterocycles. The molecule has 0 bridgehead atoms. The Balaban J connectivity index is 1.44. The van der Waals surface area contributed by atoms with Gasteiger partial charge in [0.2, 0.25) is 0 Å². The van der Waals surface area contributed by atoms with Crippen molar-refractivity contribution in [3.8, 4) is 11.5 Å². The van der Waals surface area contributed by atoms with E-state index < -0.39 is 22.4 Å². The standard InChI is InChI=1S/C32H33ClN2O6S3/c1-32(2,3)28-20-43-29(35-28)18-40-24-8-4-7-22(17-24)31(42)34-26-16-21(9-14-27(26)41-19-30(36)37)6-5-15-44(38,39)25-12-10-23(33)11-13-25/h4,7-14,16-17,20H,5-6,15,18-19H2,1-3H3,(H,34,42)(H,36,37). The van der Waals surface area contributed by atoms with E-state index in [1.165, 1.54) is 12.1 Å². The Kier molecular flexibility index (Phi) is 11.0. The molecule has 0 fully saturated rings. The second-order valence-corrected chi connectivity index (χ2v) is 14.9. The molecule has 0 radical (unpaired) electrons. The molecule has 1 aromatic heterocycles. The van der Waals surface area contributed by atoms with E-state index in [1.54, 1.807) is 41.7 Å². The summed E-state index contributed by atoms with van der Waals surface area (Å²) >= 11 is 13.1.